The Kier molecular flexibility index (Phi) is 6.88. The Morgan fingerprint density at radius 1 is 1.41 bits per heavy atom. The van der Waals surface area contributed by atoms with Crippen molar-refractivity contribution in [3.63, 3.8) is 0 Å². The summed E-state index contributed by atoms with van der Waals surface area (Å²) in [5.41, 5.74) is 8.30. The number of nitriles is 1. The number of halogens is 2. The molecule has 3 unspecified atom stereocenters. The molecular weight excluding hydrogens is 572 g/mol. The Morgan fingerprint density at radius 2 is 2.22 bits per heavy atom. The maximum Gasteiger partial charge on any atom is 0.154 e. The summed E-state index contributed by atoms with van der Waals surface area (Å²) in [7, 11) is 0. The van der Waals surface area contributed by atoms with Gasteiger partial charge in [-0.05, 0) is 18.9 Å². The van der Waals surface area contributed by atoms with Gasteiger partial charge in [0.1, 0.15) is 12.0 Å². The quantitative estimate of drug-likeness (QED) is 0.397. The Balaban J connectivity index is 0.00000102. The fourth-order valence-corrected chi connectivity index (χ4v) is 3.80. The van der Waals surface area contributed by atoms with Crippen LogP contribution in [0.1, 0.15) is 31.7 Å². The van der Waals surface area contributed by atoms with Crippen molar-refractivity contribution in [3.8, 4) is 17.3 Å². The zero-order chi connectivity index (χ0) is 19.4. The summed E-state index contributed by atoms with van der Waals surface area (Å²) in [5.74, 6) is 0.376. The molecule has 0 aromatic carbocycles. The van der Waals surface area contributed by atoms with Gasteiger partial charge in [0, 0.05) is 60.9 Å². The lowest BCUT2D eigenvalue weighted by Gasteiger charge is -2.24. The minimum atomic E-state index is -0.400. The normalized spacial score (nSPS) is 20.1. The monoisotopic (exact) mass is 591 g/mol. The van der Waals surface area contributed by atoms with E-state index in [1.165, 1.54) is 6.33 Å². The second-order valence-electron chi connectivity index (χ2n) is 6.46. The van der Waals surface area contributed by atoms with Crippen molar-refractivity contribution in [2.24, 2.45) is 5.92 Å². The standard InChI is InChI=1S/C17H19N7O.I2/c18-6-4-13(10-2-1-3-14(10)25)24-8-12(16(19)23-24)15-11-5-7-20-17(11)22-9-21-15;1-2/h5,7-10,13-14,25H,1-4H2,(H2,19,23)(H,20,21,22);. The number of nitrogen functional groups attached to an aromatic ring is 1. The third-order valence-corrected chi connectivity index (χ3v) is 5.04. The number of aliphatic hydroxyl groups is 1. The van der Waals surface area contributed by atoms with Crippen molar-refractivity contribution < 1.29 is 5.11 Å². The van der Waals surface area contributed by atoms with Crippen LogP contribution in [0.15, 0.2) is 24.8 Å². The predicted molar refractivity (Wildman–Crippen MR) is 120 cm³/mol. The third-order valence-electron chi connectivity index (χ3n) is 5.04. The van der Waals surface area contributed by atoms with Crippen molar-refractivity contribution in [3.05, 3.63) is 24.8 Å². The number of hydrogen-bond acceptors (Lipinski definition) is 6. The summed E-state index contributed by atoms with van der Waals surface area (Å²) in [5, 5.41) is 24.8. The fraction of sp³-hybridized carbons (Fsp3) is 0.412. The zero-order valence-corrected chi connectivity index (χ0v) is 18.7. The molecule has 0 amide bonds. The molecule has 142 valence electrons. The van der Waals surface area contributed by atoms with Gasteiger partial charge in [0.05, 0.1) is 35.9 Å². The number of nitrogens with one attached hydrogen (secondary N) is 1. The second kappa shape index (κ2) is 9.16. The van der Waals surface area contributed by atoms with Crippen LogP contribution in [0.25, 0.3) is 22.3 Å². The van der Waals surface area contributed by atoms with Gasteiger partial charge in [0.2, 0.25) is 0 Å². The van der Waals surface area contributed by atoms with E-state index in [0.29, 0.717) is 17.1 Å². The molecule has 1 saturated carbocycles. The lowest BCUT2D eigenvalue weighted by molar-refractivity contribution is 0.0978. The van der Waals surface area contributed by atoms with Crippen LogP contribution in [-0.4, -0.2) is 35.9 Å². The smallest absolute Gasteiger partial charge is 0.154 e. The Labute approximate surface area is 179 Å². The third kappa shape index (κ3) is 4.04. The van der Waals surface area contributed by atoms with E-state index in [1.54, 1.807) is 10.9 Å². The highest BCUT2D eigenvalue weighted by Gasteiger charge is 2.34. The molecular formula is C17H19I2N7O. The van der Waals surface area contributed by atoms with Gasteiger partial charge in [-0.25, -0.2) is 9.97 Å². The van der Waals surface area contributed by atoms with Crippen LogP contribution >= 0.6 is 37.2 Å². The van der Waals surface area contributed by atoms with E-state index in [1.807, 2.05) is 12.3 Å². The lowest BCUT2D eigenvalue weighted by atomic mass is 9.94. The highest BCUT2D eigenvalue weighted by molar-refractivity contribution is 15.0. The van der Waals surface area contributed by atoms with Gasteiger partial charge in [-0.1, -0.05) is 6.42 Å². The number of rotatable bonds is 4. The molecule has 0 saturated heterocycles. The summed E-state index contributed by atoms with van der Waals surface area (Å²) < 4.78 is 1.73. The largest absolute Gasteiger partial charge is 0.393 e. The summed E-state index contributed by atoms with van der Waals surface area (Å²) in [6.07, 6.45) is 7.62. The molecule has 10 heteroatoms. The number of aromatic nitrogens is 5. The van der Waals surface area contributed by atoms with E-state index in [-0.39, 0.29) is 18.4 Å². The maximum atomic E-state index is 10.2. The number of aliphatic hydroxyl groups excluding tert-OH is 1. The summed E-state index contributed by atoms with van der Waals surface area (Å²) in [6.45, 7) is 0. The van der Waals surface area contributed by atoms with Crippen molar-refractivity contribution in [1.82, 2.24) is 24.7 Å². The number of hydrogen-bond donors (Lipinski definition) is 3. The molecule has 4 N–H and O–H groups in total. The van der Waals surface area contributed by atoms with Gasteiger partial charge in [0.25, 0.3) is 0 Å². The van der Waals surface area contributed by atoms with E-state index in [2.05, 4.69) is 63.4 Å². The van der Waals surface area contributed by atoms with Crippen LogP contribution in [0, 0.1) is 17.2 Å². The molecule has 8 nitrogen and oxygen atoms in total. The maximum absolute atomic E-state index is 10.2. The van der Waals surface area contributed by atoms with Crippen LogP contribution in [0.3, 0.4) is 0 Å². The lowest BCUT2D eigenvalue weighted by Crippen LogP contribution is -2.26. The molecule has 0 spiro atoms. The van der Waals surface area contributed by atoms with Crippen LogP contribution in [-0.2, 0) is 0 Å². The van der Waals surface area contributed by atoms with E-state index >= 15 is 0 Å². The first-order valence-electron chi connectivity index (χ1n) is 8.51. The number of fused-ring (bicyclic) bond motifs is 1. The fourth-order valence-electron chi connectivity index (χ4n) is 3.80. The van der Waals surface area contributed by atoms with Gasteiger partial charge >= 0.3 is 0 Å². The van der Waals surface area contributed by atoms with Gasteiger partial charge in [-0.3, -0.25) is 4.68 Å². The van der Waals surface area contributed by atoms with Gasteiger partial charge in [-0.2, -0.15) is 10.4 Å². The van der Waals surface area contributed by atoms with Crippen molar-refractivity contribution in [2.75, 3.05) is 5.73 Å². The average molecular weight is 591 g/mol. The predicted octanol–water partition coefficient (Wildman–Crippen LogP) is 3.79. The van der Waals surface area contributed by atoms with Gasteiger partial charge in [-0.15, -0.1) is 0 Å². The average Bonchev–Trinajstić information content (AvgIpc) is 3.41. The topological polar surface area (TPSA) is 129 Å². The zero-order valence-electron chi connectivity index (χ0n) is 14.4. The second-order valence-corrected chi connectivity index (χ2v) is 6.46. The molecule has 1 fully saturated rings. The minimum Gasteiger partial charge on any atom is -0.393 e. The van der Waals surface area contributed by atoms with Crippen LogP contribution < -0.4 is 5.73 Å². The molecule has 0 bridgehead atoms. The molecule has 3 heterocycles. The van der Waals surface area contributed by atoms with Crippen molar-refractivity contribution in [2.45, 2.75) is 37.8 Å². The Hall–Kier alpha value is -1.46. The molecule has 3 aromatic rings. The molecule has 27 heavy (non-hydrogen) atoms. The Bertz CT molecular complexity index is 948. The molecule has 1 aliphatic rings. The van der Waals surface area contributed by atoms with Crippen molar-refractivity contribution >= 4 is 54.1 Å². The summed E-state index contributed by atoms with van der Waals surface area (Å²) in [4.78, 5) is 11.6. The molecule has 0 aliphatic heterocycles. The van der Waals surface area contributed by atoms with Crippen LogP contribution in [0.4, 0.5) is 5.82 Å². The number of anilines is 1. The van der Waals surface area contributed by atoms with Crippen LogP contribution in [0.2, 0.25) is 0 Å². The number of nitrogens with zero attached hydrogens (tertiary/aromatic N) is 5. The molecule has 3 atom stereocenters. The van der Waals surface area contributed by atoms with Crippen molar-refractivity contribution in [1.29, 1.82) is 5.26 Å². The van der Waals surface area contributed by atoms with E-state index in [9.17, 15) is 10.4 Å². The summed E-state index contributed by atoms with van der Waals surface area (Å²) >= 11 is 4.24. The van der Waals surface area contributed by atoms with E-state index in [0.717, 1.165) is 30.3 Å². The Morgan fingerprint density at radius 3 is 2.93 bits per heavy atom. The first-order chi connectivity index (χ1) is 13.2. The number of aromatic amines is 1. The molecule has 0 radical (unpaired) electrons. The van der Waals surface area contributed by atoms with Crippen LogP contribution in [0.5, 0.6) is 0 Å². The highest BCUT2D eigenvalue weighted by Crippen LogP contribution is 2.38. The molecule has 4 rings (SSSR count). The van der Waals surface area contributed by atoms with E-state index < -0.39 is 6.10 Å². The van der Waals surface area contributed by atoms with Gasteiger partial charge in [0.15, 0.2) is 5.82 Å². The highest BCUT2D eigenvalue weighted by atomic mass is 128. The first kappa shape index (κ1) is 20.3. The number of nitrogens with two attached hydrogens (primary N) is 1. The SMILES string of the molecule is II.N#CCC(C1CCCC1O)n1cc(-c2ncnc3[nH]ccc23)c(N)n1. The minimum absolute atomic E-state index is 0.0180. The first-order valence-corrected chi connectivity index (χ1v) is 14.8. The molecule has 1 aliphatic carbocycles. The van der Waals surface area contributed by atoms with Gasteiger partial charge < -0.3 is 15.8 Å². The molecule has 3 aromatic heterocycles. The van der Waals surface area contributed by atoms with E-state index in [4.69, 9.17) is 5.73 Å². The number of H-pyrrole nitrogens is 1. The summed E-state index contributed by atoms with van der Waals surface area (Å²) in [6, 6.07) is 3.92.